The number of hydrogen-bond acceptors (Lipinski definition) is 3. The van der Waals surface area contributed by atoms with Crippen molar-refractivity contribution in [2.45, 2.75) is 87.1 Å². The monoisotopic (exact) mass is 403 g/mol. The molecular weight excluding hydrogens is 358 g/mol. The van der Waals surface area contributed by atoms with Crippen LogP contribution in [0.1, 0.15) is 81.6 Å². The van der Waals surface area contributed by atoms with Gasteiger partial charge in [-0.05, 0) is 69.4 Å². The van der Waals surface area contributed by atoms with Gasteiger partial charge in [-0.2, -0.15) is 0 Å². The van der Waals surface area contributed by atoms with Gasteiger partial charge in [0.15, 0.2) is 0 Å². The molecule has 3 atom stereocenters. The Kier molecular flexibility index (Phi) is 9.11. The van der Waals surface area contributed by atoms with Gasteiger partial charge in [-0.25, -0.2) is 0 Å². The molecule has 0 radical (unpaired) electrons. The minimum atomic E-state index is -0.347. The van der Waals surface area contributed by atoms with Crippen LogP contribution in [0, 0.1) is 16.7 Å². The molecule has 0 aromatic rings. The van der Waals surface area contributed by atoms with Crippen molar-refractivity contribution >= 4 is 5.71 Å². The van der Waals surface area contributed by atoms with E-state index in [0.717, 1.165) is 18.6 Å². The average molecular weight is 404 g/mol. The molecule has 0 bridgehead atoms. The maximum atomic E-state index is 10.0. The predicted octanol–water partition coefficient (Wildman–Crippen LogP) is 6.54. The summed E-state index contributed by atoms with van der Waals surface area (Å²) in [5.41, 5.74) is 4.78. The number of allylic oxidation sites excluding steroid dienone is 5. The fourth-order valence-corrected chi connectivity index (χ4v) is 4.58. The van der Waals surface area contributed by atoms with Crippen molar-refractivity contribution in [2.75, 3.05) is 20.3 Å². The van der Waals surface area contributed by atoms with Gasteiger partial charge in [-0.1, -0.05) is 58.4 Å². The molecule has 0 amide bonds. The molecule has 0 aromatic heterocycles. The first-order chi connectivity index (χ1) is 13.3. The van der Waals surface area contributed by atoms with Crippen molar-refractivity contribution in [3.05, 3.63) is 34.9 Å². The number of rotatable bonds is 9. The Hall–Kier alpha value is -1.19. The second-order valence-electron chi connectivity index (χ2n) is 10.6. The highest BCUT2D eigenvalue weighted by molar-refractivity contribution is 5.79. The first-order valence-corrected chi connectivity index (χ1v) is 11.0. The zero-order valence-electron chi connectivity index (χ0n) is 20.6. The van der Waals surface area contributed by atoms with E-state index in [1.807, 2.05) is 0 Å². The van der Waals surface area contributed by atoms with Crippen LogP contribution in [-0.4, -0.2) is 36.7 Å². The second-order valence-corrected chi connectivity index (χ2v) is 10.6. The van der Waals surface area contributed by atoms with Crippen LogP contribution in [-0.2, 0) is 4.74 Å². The lowest BCUT2D eigenvalue weighted by Gasteiger charge is -2.47. The van der Waals surface area contributed by atoms with E-state index in [4.69, 9.17) is 9.73 Å². The third-order valence-electron chi connectivity index (χ3n) is 6.49. The van der Waals surface area contributed by atoms with E-state index in [0.29, 0.717) is 18.9 Å². The van der Waals surface area contributed by atoms with Crippen LogP contribution in [0.4, 0.5) is 0 Å². The molecule has 1 N–H and O–H groups in total. The zero-order valence-corrected chi connectivity index (χ0v) is 20.6. The van der Waals surface area contributed by atoms with E-state index < -0.39 is 0 Å². The molecule has 1 rings (SSSR count). The SMILES string of the molecule is COCCC(C)(N=C(C)C)C(C)(CCO)/C(C)=C1\C=C(CC(C)(C)C)C=CC1C. The molecule has 0 saturated carbocycles. The standard InChI is InChI=1S/C26H45NO2/c1-19(2)27-26(9,14-16-29-10)25(8,13-15-28)21(4)23-17-22(12-11-20(23)3)18-24(5,6)7/h11-12,17,20,28H,13-16,18H2,1-10H3/b23-21+. The minimum absolute atomic E-state index is 0.144. The molecule has 29 heavy (non-hydrogen) atoms. The molecule has 3 heteroatoms. The van der Waals surface area contributed by atoms with E-state index in [1.54, 1.807) is 7.11 Å². The summed E-state index contributed by atoms with van der Waals surface area (Å²) in [5.74, 6) is 0.357. The molecule has 3 nitrogen and oxygen atoms in total. The summed E-state index contributed by atoms with van der Waals surface area (Å²) in [6.45, 7) is 20.8. The van der Waals surface area contributed by atoms with Gasteiger partial charge < -0.3 is 9.84 Å². The van der Waals surface area contributed by atoms with Crippen molar-refractivity contribution in [2.24, 2.45) is 21.7 Å². The lowest BCUT2D eigenvalue weighted by Crippen LogP contribution is -2.46. The number of hydrogen-bond donors (Lipinski definition) is 1. The van der Waals surface area contributed by atoms with Gasteiger partial charge in [0.25, 0.3) is 0 Å². The van der Waals surface area contributed by atoms with Gasteiger partial charge in [-0.15, -0.1) is 0 Å². The van der Waals surface area contributed by atoms with Gasteiger partial charge in [0, 0.05) is 31.5 Å². The maximum Gasteiger partial charge on any atom is 0.0692 e. The first-order valence-electron chi connectivity index (χ1n) is 11.0. The van der Waals surface area contributed by atoms with Crippen LogP contribution in [0.2, 0.25) is 0 Å². The quantitative estimate of drug-likeness (QED) is 0.444. The Morgan fingerprint density at radius 3 is 2.21 bits per heavy atom. The maximum absolute atomic E-state index is 10.0. The van der Waals surface area contributed by atoms with Crippen LogP contribution in [0.15, 0.2) is 39.9 Å². The lowest BCUT2D eigenvalue weighted by atomic mass is 9.62. The summed E-state index contributed by atoms with van der Waals surface area (Å²) in [4.78, 5) is 5.11. The first kappa shape index (κ1) is 25.8. The van der Waals surface area contributed by atoms with E-state index in [-0.39, 0.29) is 23.0 Å². The van der Waals surface area contributed by atoms with E-state index >= 15 is 0 Å². The summed E-state index contributed by atoms with van der Waals surface area (Å²) >= 11 is 0. The Morgan fingerprint density at radius 2 is 1.72 bits per heavy atom. The third-order valence-corrected chi connectivity index (χ3v) is 6.49. The Morgan fingerprint density at radius 1 is 1.10 bits per heavy atom. The molecule has 1 aliphatic carbocycles. The van der Waals surface area contributed by atoms with Crippen LogP contribution in [0.25, 0.3) is 0 Å². The average Bonchev–Trinajstić information content (AvgIpc) is 2.59. The lowest BCUT2D eigenvalue weighted by molar-refractivity contribution is 0.0995. The summed E-state index contributed by atoms with van der Waals surface area (Å²) in [7, 11) is 1.74. The van der Waals surface area contributed by atoms with Crippen molar-refractivity contribution in [3.8, 4) is 0 Å². The Labute approximate surface area is 180 Å². The molecule has 1 aliphatic rings. The molecule has 0 aliphatic heterocycles. The topological polar surface area (TPSA) is 41.8 Å². The summed E-state index contributed by atoms with van der Waals surface area (Å²) in [6.07, 6.45) is 9.54. The van der Waals surface area contributed by atoms with E-state index in [2.05, 4.69) is 80.5 Å². The van der Waals surface area contributed by atoms with Crippen LogP contribution >= 0.6 is 0 Å². The predicted molar refractivity (Wildman–Crippen MR) is 127 cm³/mol. The van der Waals surface area contributed by atoms with Crippen LogP contribution < -0.4 is 0 Å². The number of nitrogens with zero attached hydrogens (tertiary/aromatic N) is 1. The third kappa shape index (κ3) is 6.65. The summed E-state index contributed by atoms with van der Waals surface area (Å²) in [5, 5.41) is 10.0. The normalized spacial score (nSPS) is 23.1. The highest BCUT2D eigenvalue weighted by Gasteiger charge is 2.46. The molecule has 0 saturated heterocycles. The van der Waals surface area contributed by atoms with Crippen LogP contribution in [0.3, 0.4) is 0 Å². The molecule has 3 unspecified atom stereocenters. The second kappa shape index (κ2) is 10.2. The van der Waals surface area contributed by atoms with Crippen molar-refractivity contribution in [1.82, 2.24) is 0 Å². The van der Waals surface area contributed by atoms with Crippen molar-refractivity contribution in [1.29, 1.82) is 0 Å². The fraction of sp³-hybridized carbons (Fsp3) is 0.731. The molecule has 166 valence electrons. The van der Waals surface area contributed by atoms with Gasteiger partial charge in [0.05, 0.1) is 5.54 Å². The summed E-state index contributed by atoms with van der Waals surface area (Å²) in [6, 6.07) is 0. The van der Waals surface area contributed by atoms with Crippen molar-refractivity contribution in [3.63, 3.8) is 0 Å². The van der Waals surface area contributed by atoms with E-state index in [9.17, 15) is 5.11 Å². The van der Waals surface area contributed by atoms with Gasteiger partial charge in [-0.3, -0.25) is 4.99 Å². The van der Waals surface area contributed by atoms with E-state index in [1.165, 1.54) is 16.7 Å². The Bertz CT molecular complexity index is 673. The van der Waals surface area contributed by atoms with Crippen LogP contribution in [0.5, 0.6) is 0 Å². The molecule has 0 spiro atoms. The molecule has 0 aromatic carbocycles. The van der Waals surface area contributed by atoms with Gasteiger partial charge >= 0.3 is 0 Å². The molecule has 0 fully saturated rings. The molecule has 0 heterocycles. The zero-order chi connectivity index (χ0) is 22.5. The number of methoxy groups -OCH3 is 1. The van der Waals surface area contributed by atoms with Gasteiger partial charge in [0.2, 0.25) is 0 Å². The largest absolute Gasteiger partial charge is 0.396 e. The number of aliphatic hydroxyl groups is 1. The van der Waals surface area contributed by atoms with Crippen molar-refractivity contribution < 1.29 is 9.84 Å². The number of aliphatic imine (C=N–C) groups is 1. The molecular formula is C26H45NO2. The minimum Gasteiger partial charge on any atom is -0.396 e. The highest BCUT2D eigenvalue weighted by Crippen LogP contribution is 2.49. The highest BCUT2D eigenvalue weighted by atomic mass is 16.5. The summed E-state index contributed by atoms with van der Waals surface area (Å²) < 4.78 is 5.44. The number of aliphatic hydroxyl groups excluding tert-OH is 1. The van der Waals surface area contributed by atoms with Gasteiger partial charge in [0.1, 0.15) is 0 Å². The smallest absolute Gasteiger partial charge is 0.0692 e. The fourth-order valence-electron chi connectivity index (χ4n) is 4.58. The Balaban J connectivity index is 3.60. The number of ether oxygens (including phenoxy) is 1.